The Morgan fingerprint density at radius 2 is 1.85 bits per heavy atom. The standard InChI is InChI=1S/C38H54ClN5O8S/c1-24(2)18-33(36(49)53-17-16-40-26(4)45)52-37(50)38(5,6)23-41-35(48)30(20-27-14-15-32(51-8)29(39)19-27)43-34(47)11-9-10-31(46)25(3)12-13-28-21-42-44(7)22-28/h9,11-15,19,21-22,24-25,30-31,33,46H,10,16-18,20,23H2,1-8H3,(H,40,45)(H,41,48)(H,43,47)/b11-9+,13-12+/t25-,30-,31+,33+/m1/s1. The lowest BCUT2D eigenvalue weighted by Gasteiger charge is -2.27. The molecule has 0 saturated heterocycles. The summed E-state index contributed by atoms with van der Waals surface area (Å²) >= 11 is 7.31. The van der Waals surface area contributed by atoms with Crippen LogP contribution in [0.3, 0.4) is 0 Å². The summed E-state index contributed by atoms with van der Waals surface area (Å²) < 4.78 is 12.6. The summed E-state index contributed by atoms with van der Waals surface area (Å²) in [6.45, 7) is 10.4. The van der Waals surface area contributed by atoms with Crippen molar-refractivity contribution in [3.05, 3.63) is 65.0 Å². The van der Waals surface area contributed by atoms with E-state index in [-0.39, 0.29) is 42.2 Å². The Balaban J connectivity index is 2.10. The minimum atomic E-state index is -1.23. The van der Waals surface area contributed by atoms with Crippen molar-refractivity contribution < 1.29 is 38.6 Å². The van der Waals surface area contributed by atoms with E-state index < -0.39 is 41.4 Å². The zero-order valence-corrected chi connectivity index (χ0v) is 33.4. The van der Waals surface area contributed by atoms with Crippen LogP contribution in [0.25, 0.3) is 6.08 Å². The van der Waals surface area contributed by atoms with Gasteiger partial charge in [0.15, 0.2) is 6.10 Å². The van der Waals surface area contributed by atoms with Gasteiger partial charge in [-0.05, 0) is 56.4 Å². The number of benzene rings is 1. The highest BCUT2D eigenvalue weighted by Gasteiger charge is 2.35. The van der Waals surface area contributed by atoms with Crippen molar-refractivity contribution in [3.8, 4) is 5.75 Å². The lowest BCUT2D eigenvalue weighted by atomic mass is 9.93. The van der Waals surface area contributed by atoms with Gasteiger partial charge in [0.2, 0.25) is 22.8 Å². The average molecular weight is 776 g/mol. The van der Waals surface area contributed by atoms with Crippen LogP contribution < -0.4 is 20.7 Å². The van der Waals surface area contributed by atoms with Gasteiger partial charge in [-0.15, -0.1) is 0 Å². The summed E-state index contributed by atoms with van der Waals surface area (Å²) in [5.74, 6) is -1.36. The molecule has 53 heavy (non-hydrogen) atoms. The number of aliphatic hydroxyl groups excluding tert-OH is 1. The lowest BCUT2D eigenvalue weighted by molar-refractivity contribution is -0.162. The number of thioether (sulfide) groups is 1. The molecule has 1 aromatic carbocycles. The van der Waals surface area contributed by atoms with Crippen LogP contribution in [0.1, 0.15) is 65.5 Å². The first-order valence-corrected chi connectivity index (χ1v) is 18.8. The Hall–Kier alpha value is -4.14. The van der Waals surface area contributed by atoms with Crippen LogP contribution in [-0.2, 0) is 42.2 Å². The third kappa shape index (κ3) is 16.6. The molecule has 0 bridgehead atoms. The fourth-order valence-electron chi connectivity index (χ4n) is 4.83. The van der Waals surface area contributed by atoms with Crippen LogP contribution in [0, 0.1) is 17.3 Å². The van der Waals surface area contributed by atoms with Crippen molar-refractivity contribution in [2.75, 3.05) is 26.0 Å². The van der Waals surface area contributed by atoms with Gasteiger partial charge < -0.3 is 30.5 Å². The maximum Gasteiger partial charge on any atom is 0.314 e. The molecule has 0 aliphatic rings. The third-order valence-corrected chi connectivity index (χ3v) is 9.29. The zero-order chi connectivity index (χ0) is 39.7. The molecule has 0 unspecified atom stereocenters. The summed E-state index contributed by atoms with van der Waals surface area (Å²) in [5, 5.41) is 22.9. The number of rotatable bonds is 21. The molecule has 2 rings (SSSR count). The Labute approximate surface area is 321 Å². The minimum absolute atomic E-state index is 0.0568. The Morgan fingerprint density at radius 3 is 2.45 bits per heavy atom. The minimum Gasteiger partial charge on any atom is -0.495 e. The summed E-state index contributed by atoms with van der Waals surface area (Å²) in [6, 6.07) is 3.96. The monoisotopic (exact) mass is 775 g/mol. The number of ether oxygens (including phenoxy) is 2. The summed E-state index contributed by atoms with van der Waals surface area (Å²) in [5.41, 5.74) is 0.317. The Bertz CT molecular complexity index is 1610. The first kappa shape index (κ1) is 45.0. The second-order valence-electron chi connectivity index (χ2n) is 13.9. The number of halogens is 1. The predicted octanol–water partition coefficient (Wildman–Crippen LogP) is 4.26. The van der Waals surface area contributed by atoms with Gasteiger partial charge in [-0.2, -0.15) is 5.10 Å². The number of carbonyl (C=O) groups is 5. The van der Waals surface area contributed by atoms with Crippen LogP contribution in [0.15, 0.2) is 48.8 Å². The van der Waals surface area contributed by atoms with Crippen LogP contribution in [0.5, 0.6) is 5.75 Å². The fourth-order valence-corrected chi connectivity index (χ4v) is 5.85. The van der Waals surface area contributed by atoms with Crippen LogP contribution in [-0.4, -0.2) is 87.9 Å². The van der Waals surface area contributed by atoms with Crippen molar-refractivity contribution in [2.45, 2.75) is 79.1 Å². The first-order valence-electron chi connectivity index (χ1n) is 17.5. The molecular formula is C38H54ClN5O8S. The molecule has 292 valence electrons. The molecule has 0 aliphatic carbocycles. The Kier molecular flexibility index (Phi) is 18.8. The SMILES string of the molecule is COc1ccc(C[C@@H](NC(=O)/C=C/C[C@H](O)[C@H](C)/C=C/c2cnn(C)c2)C(=O)NCC(C)(C)C(=O)O[C@@H](CC(C)C)C(=O)SCCNC(C)=O)cc1Cl. The van der Waals surface area contributed by atoms with Crippen LogP contribution >= 0.6 is 23.4 Å². The molecular weight excluding hydrogens is 722 g/mol. The fraction of sp³-hybridized carbons (Fsp3) is 0.526. The summed E-state index contributed by atoms with van der Waals surface area (Å²) in [6.07, 6.45) is 8.92. The largest absolute Gasteiger partial charge is 0.495 e. The van der Waals surface area contributed by atoms with Crippen molar-refractivity contribution in [1.82, 2.24) is 25.7 Å². The van der Waals surface area contributed by atoms with E-state index >= 15 is 0 Å². The molecule has 15 heteroatoms. The number of hydrogen-bond donors (Lipinski definition) is 4. The van der Waals surface area contributed by atoms with Gasteiger partial charge in [-0.1, -0.05) is 68.4 Å². The summed E-state index contributed by atoms with van der Waals surface area (Å²) in [7, 11) is 3.30. The number of methoxy groups -OCH3 is 1. The highest BCUT2D eigenvalue weighted by Crippen LogP contribution is 2.26. The van der Waals surface area contributed by atoms with Crippen molar-refractivity contribution in [2.24, 2.45) is 24.3 Å². The zero-order valence-electron chi connectivity index (χ0n) is 31.8. The van der Waals surface area contributed by atoms with Gasteiger partial charge in [0.05, 0.1) is 29.8 Å². The highest BCUT2D eigenvalue weighted by molar-refractivity contribution is 8.13. The molecule has 0 radical (unpaired) electrons. The van der Waals surface area contributed by atoms with Gasteiger partial charge >= 0.3 is 5.97 Å². The molecule has 4 N–H and O–H groups in total. The number of esters is 1. The number of carbonyl (C=O) groups excluding carboxylic acids is 5. The van der Waals surface area contributed by atoms with E-state index in [0.717, 1.165) is 17.3 Å². The van der Waals surface area contributed by atoms with E-state index in [1.165, 1.54) is 20.1 Å². The maximum absolute atomic E-state index is 13.6. The number of nitrogens with one attached hydrogen (secondary N) is 3. The smallest absolute Gasteiger partial charge is 0.314 e. The van der Waals surface area contributed by atoms with Crippen LogP contribution in [0.2, 0.25) is 5.02 Å². The average Bonchev–Trinajstić information content (AvgIpc) is 3.51. The number of nitrogens with zero attached hydrogens (tertiary/aromatic N) is 2. The Morgan fingerprint density at radius 1 is 1.13 bits per heavy atom. The molecule has 1 heterocycles. The normalized spacial score (nSPS) is 14.1. The van der Waals surface area contributed by atoms with Gasteiger partial charge in [0.1, 0.15) is 11.8 Å². The molecule has 4 atom stereocenters. The van der Waals surface area contributed by atoms with E-state index in [2.05, 4.69) is 21.0 Å². The molecule has 13 nitrogen and oxygen atoms in total. The number of aryl methyl sites for hydroxylation is 1. The second-order valence-corrected chi connectivity index (χ2v) is 15.4. The van der Waals surface area contributed by atoms with E-state index in [9.17, 15) is 29.1 Å². The predicted molar refractivity (Wildman–Crippen MR) is 207 cm³/mol. The number of aliphatic hydroxyl groups is 1. The first-order chi connectivity index (χ1) is 24.9. The van der Waals surface area contributed by atoms with Gasteiger partial charge in [-0.25, -0.2) is 0 Å². The quantitative estimate of drug-likeness (QED) is 0.0814. The second kappa shape index (κ2) is 22.2. The molecule has 3 amide bonds. The van der Waals surface area contributed by atoms with Crippen molar-refractivity contribution in [1.29, 1.82) is 0 Å². The van der Waals surface area contributed by atoms with Gasteiger partial charge in [-0.3, -0.25) is 28.7 Å². The van der Waals surface area contributed by atoms with Gasteiger partial charge in [0, 0.05) is 56.9 Å². The highest BCUT2D eigenvalue weighted by atomic mass is 35.5. The van der Waals surface area contributed by atoms with Crippen molar-refractivity contribution in [3.63, 3.8) is 0 Å². The number of hydrogen-bond acceptors (Lipinski definition) is 10. The molecule has 0 spiro atoms. The van der Waals surface area contributed by atoms with Crippen LogP contribution in [0.4, 0.5) is 0 Å². The number of aromatic nitrogens is 2. The van der Waals surface area contributed by atoms with E-state index in [0.29, 0.717) is 35.1 Å². The third-order valence-electron chi connectivity index (χ3n) is 8.03. The van der Waals surface area contributed by atoms with E-state index in [1.54, 1.807) is 49.0 Å². The maximum atomic E-state index is 13.6. The lowest BCUT2D eigenvalue weighted by Crippen LogP contribution is -2.51. The van der Waals surface area contributed by atoms with E-state index in [1.807, 2.05) is 46.2 Å². The number of amides is 3. The molecule has 0 saturated carbocycles. The molecule has 1 aromatic heterocycles. The topological polar surface area (TPSA) is 178 Å². The molecule has 0 fully saturated rings. The van der Waals surface area contributed by atoms with Crippen molar-refractivity contribution >= 4 is 58.2 Å². The molecule has 0 aliphatic heterocycles. The molecule has 2 aromatic rings. The van der Waals surface area contributed by atoms with E-state index in [4.69, 9.17) is 21.1 Å². The summed E-state index contributed by atoms with van der Waals surface area (Å²) in [4.78, 5) is 64.0. The van der Waals surface area contributed by atoms with Gasteiger partial charge in [0.25, 0.3) is 0 Å².